The number of aromatic nitrogens is 1. The van der Waals surface area contributed by atoms with Crippen LogP contribution in [0, 0.1) is 0 Å². The van der Waals surface area contributed by atoms with E-state index in [1.54, 1.807) is 35.8 Å². The Morgan fingerprint density at radius 1 is 1.20 bits per heavy atom. The summed E-state index contributed by atoms with van der Waals surface area (Å²) in [5.74, 6) is 0. The third-order valence-corrected chi connectivity index (χ3v) is 6.67. The van der Waals surface area contributed by atoms with Crippen molar-refractivity contribution >= 4 is 44.0 Å². The number of thiazole rings is 1. The van der Waals surface area contributed by atoms with Gasteiger partial charge in [-0.2, -0.15) is 5.10 Å². The van der Waals surface area contributed by atoms with Crippen molar-refractivity contribution in [3.63, 3.8) is 0 Å². The summed E-state index contributed by atoms with van der Waals surface area (Å²) in [4.78, 5) is 5.75. The van der Waals surface area contributed by atoms with Gasteiger partial charge in [0, 0.05) is 29.9 Å². The van der Waals surface area contributed by atoms with Crippen molar-refractivity contribution in [2.24, 2.45) is 5.10 Å². The number of rotatable bonds is 6. The van der Waals surface area contributed by atoms with Crippen LogP contribution in [-0.4, -0.2) is 38.0 Å². The van der Waals surface area contributed by atoms with Crippen molar-refractivity contribution in [1.29, 1.82) is 0 Å². The van der Waals surface area contributed by atoms with Crippen LogP contribution in [0.15, 0.2) is 57.2 Å². The molecule has 0 aliphatic heterocycles. The zero-order valence-electron chi connectivity index (χ0n) is 13.6. The second-order valence-electron chi connectivity index (χ2n) is 5.24. The van der Waals surface area contributed by atoms with Gasteiger partial charge >= 0.3 is 0 Å². The zero-order valence-corrected chi connectivity index (χ0v) is 16.0. The van der Waals surface area contributed by atoms with Gasteiger partial charge in [0.25, 0.3) is 0 Å². The minimum Gasteiger partial charge on any atom is -0.253 e. The maximum absolute atomic E-state index is 12.3. The number of hydrogen-bond donors (Lipinski definition) is 1. The van der Waals surface area contributed by atoms with E-state index in [1.165, 1.54) is 29.7 Å². The average Bonchev–Trinajstić information content (AvgIpc) is 3.27. The van der Waals surface area contributed by atoms with Gasteiger partial charge in [-0.05, 0) is 23.6 Å². The highest BCUT2D eigenvalue weighted by Gasteiger charge is 2.18. The summed E-state index contributed by atoms with van der Waals surface area (Å²) in [6.45, 7) is 0. The minimum absolute atomic E-state index is 0.244. The molecule has 0 saturated carbocycles. The normalized spacial score (nSPS) is 12.1. The number of nitrogens with zero attached hydrogens (tertiary/aromatic N) is 3. The van der Waals surface area contributed by atoms with Gasteiger partial charge in [0.1, 0.15) is 0 Å². The molecule has 9 heteroatoms. The Balaban J connectivity index is 1.78. The van der Waals surface area contributed by atoms with Gasteiger partial charge in [0.05, 0.1) is 16.8 Å². The molecule has 6 nitrogen and oxygen atoms in total. The van der Waals surface area contributed by atoms with Gasteiger partial charge < -0.3 is 0 Å². The fraction of sp³-hybridized carbons (Fsp3) is 0.125. The van der Waals surface area contributed by atoms with E-state index in [-0.39, 0.29) is 4.90 Å². The lowest BCUT2D eigenvalue weighted by molar-refractivity contribution is 0.521. The fourth-order valence-corrected chi connectivity index (χ4v) is 4.20. The number of sulfonamides is 1. The van der Waals surface area contributed by atoms with Crippen molar-refractivity contribution in [2.45, 2.75) is 4.90 Å². The molecule has 1 aromatic carbocycles. The largest absolute Gasteiger partial charge is 0.253 e. The first kappa shape index (κ1) is 17.7. The van der Waals surface area contributed by atoms with Gasteiger partial charge in [-0.3, -0.25) is 5.43 Å². The Morgan fingerprint density at radius 2 is 2.04 bits per heavy atom. The number of hydrazone groups is 1. The predicted molar refractivity (Wildman–Crippen MR) is 104 cm³/mol. The molecule has 3 rings (SSSR count). The molecular formula is C16H16N4O2S3. The highest BCUT2D eigenvalue weighted by Crippen LogP contribution is 2.27. The second kappa shape index (κ2) is 7.44. The van der Waals surface area contributed by atoms with E-state index in [1.807, 2.05) is 29.0 Å². The van der Waals surface area contributed by atoms with Crippen LogP contribution < -0.4 is 5.43 Å². The SMILES string of the molecule is CN(C)S(=O)(=O)c1cccc(-c2csc(NN=Cc3cccs3)n2)c1. The Hall–Kier alpha value is -2.07. The maximum atomic E-state index is 12.3. The third-order valence-electron chi connectivity index (χ3n) is 3.31. The molecule has 0 bridgehead atoms. The van der Waals surface area contributed by atoms with Crippen LogP contribution in [0.1, 0.15) is 4.88 Å². The molecule has 2 aromatic heterocycles. The van der Waals surface area contributed by atoms with Crippen molar-refractivity contribution < 1.29 is 8.42 Å². The molecule has 0 fully saturated rings. The van der Waals surface area contributed by atoms with Gasteiger partial charge in [0.15, 0.2) is 0 Å². The topological polar surface area (TPSA) is 74.7 Å². The van der Waals surface area contributed by atoms with E-state index in [0.29, 0.717) is 10.8 Å². The summed E-state index contributed by atoms with van der Waals surface area (Å²) in [6.07, 6.45) is 1.73. The molecule has 3 aromatic rings. The van der Waals surface area contributed by atoms with Gasteiger partial charge in [0.2, 0.25) is 15.2 Å². The number of thiophene rings is 1. The molecule has 0 amide bonds. The minimum atomic E-state index is -3.47. The van der Waals surface area contributed by atoms with Gasteiger partial charge in [-0.15, -0.1) is 22.7 Å². The van der Waals surface area contributed by atoms with E-state index < -0.39 is 10.0 Å². The van der Waals surface area contributed by atoms with E-state index in [4.69, 9.17) is 0 Å². The lowest BCUT2D eigenvalue weighted by atomic mass is 10.2. The molecule has 0 atom stereocenters. The highest BCUT2D eigenvalue weighted by atomic mass is 32.2. The summed E-state index contributed by atoms with van der Waals surface area (Å²) in [7, 11) is -0.444. The van der Waals surface area contributed by atoms with E-state index in [9.17, 15) is 8.42 Å². The monoisotopic (exact) mass is 392 g/mol. The molecule has 0 aliphatic carbocycles. The quantitative estimate of drug-likeness (QED) is 0.514. The first-order chi connectivity index (χ1) is 12.0. The molecule has 0 spiro atoms. The van der Waals surface area contributed by atoms with Crippen LogP contribution in [0.25, 0.3) is 11.3 Å². The predicted octanol–water partition coefficient (Wildman–Crippen LogP) is 3.57. The molecule has 25 heavy (non-hydrogen) atoms. The van der Waals surface area contributed by atoms with E-state index in [2.05, 4.69) is 15.5 Å². The van der Waals surface area contributed by atoms with Crippen LogP contribution in [0.4, 0.5) is 5.13 Å². The third kappa shape index (κ3) is 4.13. The smallest absolute Gasteiger partial charge is 0.242 e. The van der Waals surface area contributed by atoms with Crippen LogP contribution in [0.2, 0.25) is 0 Å². The van der Waals surface area contributed by atoms with Crippen molar-refractivity contribution in [3.8, 4) is 11.3 Å². The Kier molecular flexibility index (Phi) is 5.28. The van der Waals surface area contributed by atoms with Crippen molar-refractivity contribution in [1.82, 2.24) is 9.29 Å². The summed E-state index contributed by atoms with van der Waals surface area (Å²) in [5, 5.41) is 8.64. The average molecular weight is 393 g/mol. The fourth-order valence-electron chi connectivity index (χ4n) is 2.00. The zero-order chi connectivity index (χ0) is 17.9. The number of nitrogens with one attached hydrogen (secondary N) is 1. The van der Waals surface area contributed by atoms with E-state index >= 15 is 0 Å². The first-order valence-corrected chi connectivity index (χ1v) is 10.5. The summed E-state index contributed by atoms with van der Waals surface area (Å²) >= 11 is 3.01. The lowest BCUT2D eigenvalue weighted by Crippen LogP contribution is -2.22. The Labute approximate surface area is 154 Å². The van der Waals surface area contributed by atoms with Crippen LogP contribution in [0.3, 0.4) is 0 Å². The molecule has 0 unspecified atom stereocenters. The molecule has 130 valence electrons. The number of hydrogen-bond acceptors (Lipinski definition) is 7. The lowest BCUT2D eigenvalue weighted by Gasteiger charge is -2.11. The summed E-state index contributed by atoms with van der Waals surface area (Å²) < 4.78 is 25.7. The van der Waals surface area contributed by atoms with E-state index in [0.717, 1.165) is 10.4 Å². The molecule has 0 radical (unpaired) electrons. The van der Waals surface area contributed by atoms with Crippen molar-refractivity contribution in [2.75, 3.05) is 19.5 Å². The Morgan fingerprint density at radius 3 is 2.76 bits per heavy atom. The number of anilines is 1. The standard InChI is InChI=1S/C16H16N4O2S3/c1-20(2)25(21,22)14-7-3-5-12(9-14)15-11-24-16(18-15)19-17-10-13-6-4-8-23-13/h3-11H,1-2H3,(H,18,19). The first-order valence-electron chi connectivity index (χ1n) is 7.28. The molecule has 0 saturated heterocycles. The maximum Gasteiger partial charge on any atom is 0.242 e. The summed E-state index contributed by atoms with van der Waals surface area (Å²) in [5.41, 5.74) is 4.34. The van der Waals surface area contributed by atoms with Gasteiger partial charge in [-0.25, -0.2) is 17.7 Å². The highest BCUT2D eigenvalue weighted by molar-refractivity contribution is 7.89. The second-order valence-corrected chi connectivity index (χ2v) is 9.23. The van der Waals surface area contributed by atoms with Crippen molar-refractivity contribution in [3.05, 3.63) is 52.0 Å². The van der Waals surface area contributed by atoms with Crippen LogP contribution in [-0.2, 0) is 10.0 Å². The summed E-state index contributed by atoms with van der Waals surface area (Å²) in [6, 6.07) is 10.7. The molecule has 2 heterocycles. The van der Waals surface area contributed by atoms with Crippen LogP contribution in [0.5, 0.6) is 0 Å². The molecule has 1 N–H and O–H groups in total. The molecule has 0 aliphatic rings. The van der Waals surface area contributed by atoms with Gasteiger partial charge in [-0.1, -0.05) is 18.2 Å². The molecular weight excluding hydrogens is 376 g/mol. The van der Waals surface area contributed by atoms with Crippen LogP contribution >= 0.6 is 22.7 Å². The number of benzene rings is 1. The Bertz CT molecular complexity index is 976.